The fraction of sp³-hybridized carbons (Fsp3) is 0.0400. The molecule has 5 rings (SSSR count). The van der Waals surface area contributed by atoms with Crippen LogP contribution in [0.3, 0.4) is 0 Å². The Kier molecular flexibility index (Phi) is 5.05. The number of ether oxygens (including phenoxy) is 1. The number of esters is 1. The lowest BCUT2D eigenvalue weighted by molar-refractivity contribution is 0.0735. The average Bonchev–Trinajstić information content (AvgIpc) is 3.52. The minimum Gasteiger partial charge on any atom is -0.423 e. The van der Waals surface area contributed by atoms with Crippen LogP contribution in [0.1, 0.15) is 15.9 Å². The zero-order valence-electron chi connectivity index (χ0n) is 17.2. The highest BCUT2D eigenvalue weighted by Gasteiger charge is 2.21. The van der Waals surface area contributed by atoms with Gasteiger partial charge in [0.25, 0.3) is 0 Å². The Hall–Kier alpha value is -4.52. The molecule has 2 aromatic heterocycles. The fourth-order valence-corrected chi connectivity index (χ4v) is 3.29. The molecule has 0 N–H and O–H groups in total. The first-order valence-corrected chi connectivity index (χ1v) is 9.98. The Bertz CT molecular complexity index is 1340. The minimum atomic E-state index is -0.492. The van der Waals surface area contributed by atoms with Crippen LogP contribution in [0.4, 0.5) is 0 Å². The Morgan fingerprint density at radius 2 is 1.62 bits per heavy atom. The van der Waals surface area contributed by atoms with E-state index >= 15 is 0 Å². The second kappa shape index (κ2) is 8.31. The number of carbonyl (C=O) groups is 1. The van der Waals surface area contributed by atoms with Crippen molar-refractivity contribution in [2.24, 2.45) is 0 Å². The van der Waals surface area contributed by atoms with E-state index in [1.165, 1.54) is 6.39 Å². The van der Waals surface area contributed by atoms with Gasteiger partial charge in [-0.15, -0.1) is 10.2 Å². The molecule has 3 aromatic carbocycles. The van der Waals surface area contributed by atoms with Crippen molar-refractivity contribution in [2.45, 2.75) is 6.92 Å². The molecule has 7 heteroatoms. The van der Waals surface area contributed by atoms with Crippen LogP contribution in [-0.4, -0.2) is 25.9 Å². The van der Waals surface area contributed by atoms with Gasteiger partial charge in [0.2, 0.25) is 12.3 Å². The third-order valence-electron chi connectivity index (χ3n) is 4.95. The second-order valence-electron chi connectivity index (χ2n) is 7.20. The van der Waals surface area contributed by atoms with Gasteiger partial charge in [-0.3, -0.25) is 0 Å². The summed E-state index contributed by atoms with van der Waals surface area (Å²) in [6, 6.07) is 24.4. The summed E-state index contributed by atoms with van der Waals surface area (Å²) in [7, 11) is 0. The summed E-state index contributed by atoms with van der Waals surface area (Å²) < 4.78 is 12.5. The van der Waals surface area contributed by atoms with Crippen LogP contribution in [0.15, 0.2) is 95.9 Å². The molecule has 0 unspecified atom stereocenters. The van der Waals surface area contributed by atoms with E-state index in [4.69, 9.17) is 9.15 Å². The quantitative estimate of drug-likeness (QED) is 0.289. The molecule has 0 spiro atoms. The average molecular weight is 422 g/mol. The van der Waals surface area contributed by atoms with Crippen molar-refractivity contribution in [3.05, 3.63) is 103 Å². The Morgan fingerprint density at radius 3 is 2.31 bits per heavy atom. The molecule has 0 bridgehead atoms. The summed E-state index contributed by atoms with van der Waals surface area (Å²) in [6.07, 6.45) is 2.96. The van der Waals surface area contributed by atoms with Crippen molar-refractivity contribution in [1.82, 2.24) is 20.0 Å². The van der Waals surface area contributed by atoms with Gasteiger partial charge in [-0.25, -0.2) is 9.48 Å². The topological polar surface area (TPSA) is 83.0 Å². The highest BCUT2D eigenvalue weighted by molar-refractivity contribution is 5.97. The van der Waals surface area contributed by atoms with E-state index in [2.05, 4.69) is 15.3 Å². The van der Waals surface area contributed by atoms with Gasteiger partial charge in [-0.2, -0.15) is 5.10 Å². The molecule has 0 radical (unpaired) electrons. The van der Waals surface area contributed by atoms with Gasteiger partial charge >= 0.3 is 5.97 Å². The molecular formula is C25H18N4O3. The molecular weight excluding hydrogens is 404 g/mol. The third kappa shape index (κ3) is 3.91. The maximum Gasteiger partial charge on any atom is 0.347 e. The second-order valence-corrected chi connectivity index (χ2v) is 7.20. The minimum absolute atomic E-state index is 0.374. The molecule has 0 amide bonds. The smallest absolute Gasteiger partial charge is 0.347 e. The molecule has 0 aliphatic rings. The molecule has 5 aromatic rings. The number of benzene rings is 3. The van der Waals surface area contributed by atoms with Crippen LogP contribution >= 0.6 is 0 Å². The Labute approximate surface area is 183 Å². The maximum absolute atomic E-state index is 13.1. The van der Waals surface area contributed by atoms with E-state index in [1.54, 1.807) is 35.1 Å². The number of aryl methyl sites for hydroxylation is 1. The molecule has 32 heavy (non-hydrogen) atoms. The molecule has 0 saturated heterocycles. The van der Waals surface area contributed by atoms with Crippen LogP contribution in [0.5, 0.6) is 5.75 Å². The van der Waals surface area contributed by atoms with Crippen LogP contribution in [0.25, 0.3) is 28.4 Å². The maximum atomic E-state index is 13.1. The number of rotatable bonds is 5. The molecule has 0 fully saturated rings. The number of para-hydroxylation sites is 1. The van der Waals surface area contributed by atoms with E-state index in [0.29, 0.717) is 22.9 Å². The number of hydrogen-bond acceptors (Lipinski definition) is 6. The van der Waals surface area contributed by atoms with Gasteiger partial charge in [0.15, 0.2) is 0 Å². The summed E-state index contributed by atoms with van der Waals surface area (Å²) in [6.45, 7) is 2.01. The van der Waals surface area contributed by atoms with E-state index in [1.807, 2.05) is 61.5 Å². The van der Waals surface area contributed by atoms with E-state index in [-0.39, 0.29) is 0 Å². The van der Waals surface area contributed by atoms with Gasteiger partial charge < -0.3 is 9.15 Å². The lowest BCUT2D eigenvalue weighted by Crippen LogP contribution is -2.09. The van der Waals surface area contributed by atoms with Crippen LogP contribution in [-0.2, 0) is 0 Å². The first-order valence-electron chi connectivity index (χ1n) is 9.98. The van der Waals surface area contributed by atoms with E-state index < -0.39 is 5.97 Å². The molecule has 0 aliphatic heterocycles. The largest absolute Gasteiger partial charge is 0.423 e. The Morgan fingerprint density at radius 1 is 0.906 bits per heavy atom. The fourth-order valence-electron chi connectivity index (χ4n) is 3.29. The van der Waals surface area contributed by atoms with Crippen LogP contribution in [0, 0.1) is 6.92 Å². The molecule has 0 saturated carbocycles. The molecule has 156 valence electrons. The first kappa shape index (κ1) is 19.4. The van der Waals surface area contributed by atoms with Crippen LogP contribution < -0.4 is 4.74 Å². The highest BCUT2D eigenvalue weighted by atomic mass is 16.5. The molecule has 0 aliphatic carbocycles. The predicted octanol–water partition coefficient (Wildman–Crippen LogP) is 5.12. The summed E-state index contributed by atoms with van der Waals surface area (Å²) in [5.74, 6) is 0.308. The summed E-state index contributed by atoms with van der Waals surface area (Å²) >= 11 is 0. The highest BCUT2D eigenvalue weighted by Crippen LogP contribution is 2.26. The Balaban J connectivity index is 1.47. The zero-order valence-corrected chi connectivity index (χ0v) is 17.2. The van der Waals surface area contributed by atoms with Crippen molar-refractivity contribution >= 4 is 5.97 Å². The number of carbonyl (C=O) groups excluding carboxylic acids is 1. The van der Waals surface area contributed by atoms with Gasteiger partial charge in [0.05, 0.1) is 5.69 Å². The third-order valence-corrected chi connectivity index (χ3v) is 4.95. The van der Waals surface area contributed by atoms with E-state index in [0.717, 1.165) is 22.4 Å². The van der Waals surface area contributed by atoms with Gasteiger partial charge in [0, 0.05) is 17.3 Å². The lowest BCUT2D eigenvalue weighted by Gasteiger charge is -2.05. The summed E-state index contributed by atoms with van der Waals surface area (Å²) in [4.78, 5) is 13.1. The predicted molar refractivity (Wildman–Crippen MR) is 118 cm³/mol. The zero-order chi connectivity index (χ0) is 21.9. The normalized spacial score (nSPS) is 10.8. The number of hydrogen-bond donors (Lipinski definition) is 0. The summed E-state index contributed by atoms with van der Waals surface area (Å²) in [5, 5.41) is 12.2. The van der Waals surface area contributed by atoms with Crippen molar-refractivity contribution in [1.29, 1.82) is 0 Å². The standard InChI is InChI=1S/C25H18N4O3/c1-17-7-9-18(10-8-17)23-22(15-29(28-23)20-5-3-2-4-6-20)25(30)32-21-13-11-19(12-14-21)24-27-26-16-31-24/h2-16H,1H3. The first-order chi connectivity index (χ1) is 15.7. The van der Waals surface area contributed by atoms with Crippen molar-refractivity contribution in [3.63, 3.8) is 0 Å². The number of aromatic nitrogens is 4. The van der Waals surface area contributed by atoms with Gasteiger partial charge in [0.1, 0.15) is 17.0 Å². The monoisotopic (exact) mass is 422 g/mol. The van der Waals surface area contributed by atoms with Crippen molar-refractivity contribution in [3.8, 4) is 34.1 Å². The van der Waals surface area contributed by atoms with Gasteiger partial charge in [-0.1, -0.05) is 48.0 Å². The van der Waals surface area contributed by atoms with Crippen molar-refractivity contribution < 1.29 is 13.9 Å². The molecule has 7 nitrogen and oxygen atoms in total. The van der Waals surface area contributed by atoms with E-state index in [9.17, 15) is 4.79 Å². The van der Waals surface area contributed by atoms with Gasteiger partial charge in [-0.05, 0) is 43.3 Å². The molecule has 2 heterocycles. The van der Waals surface area contributed by atoms with Crippen molar-refractivity contribution in [2.75, 3.05) is 0 Å². The number of nitrogens with zero attached hydrogens (tertiary/aromatic N) is 4. The summed E-state index contributed by atoms with van der Waals surface area (Å²) in [5.41, 5.74) is 4.48. The lowest BCUT2D eigenvalue weighted by atomic mass is 10.1. The SMILES string of the molecule is Cc1ccc(-c2nn(-c3ccccc3)cc2C(=O)Oc2ccc(-c3nnco3)cc2)cc1. The molecule has 0 atom stereocenters. The van der Waals surface area contributed by atoms with Crippen LogP contribution in [0.2, 0.25) is 0 Å².